The summed E-state index contributed by atoms with van der Waals surface area (Å²) in [6.45, 7) is 11.2. The van der Waals surface area contributed by atoms with E-state index >= 15 is 0 Å². The van der Waals surface area contributed by atoms with E-state index in [1.54, 1.807) is 6.08 Å². The Kier molecular flexibility index (Phi) is 8.52. The third-order valence-corrected chi connectivity index (χ3v) is 3.69. The van der Waals surface area contributed by atoms with E-state index < -0.39 is 0 Å². The zero-order chi connectivity index (χ0) is 17.1. The van der Waals surface area contributed by atoms with E-state index in [-0.39, 0.29) is 5.76 Å². The molecule has 0 amide bonds. The van der Waals surface area contributed by atoms with Gasteiger partial charge in [0.1, 0.15) is 0 Å². The summed E-state index contributed by atoms with van der Waals surface area (Å²) in [5, 5.41) is 8.44. The topological polar surface area (TPSA) is 20.2 Å². The lowest BCUT2D eigenvalue weighted by molar-refractivity contribution is 0.392. The fourth-order valence-electron chi connectivity index (χ4n) is 2.13. The molecule has 0 aromatic heterocycles. The zero-order valence-corrected chi connectivity index (χ0v) is 14.4. The maximum Gasteiger partial charge on any atom is 0.0854 e. The quantitative estimate of drug-likeness (QED) is 0.477. The van der Waals surface area contributed by atoms with Crippen LogP contribution >= 0.6 is 0 Å². The predicted molar refractivity (Wildman–Crippen MR) is 102 cm³/mol. The first-order chi connectivity index (χ1) is 11.1. The summed E-state index contributed by atoms with van der Waals surface area (Å²) in [6.07, 6.45) is 5.42. The average Bonchev–Trinajstić information content (AvgIpc) is 2.60. The number of aryl methyl sites for hydroxylation is 2. The van der Waals surface area contributed by atoms with Crippen molar-refractivity contribution in [1.82, 2.24) is 0 Å². The van der Waals surface area contributed by atoms with Crippen LogP contribution in [0.2, 0.25) is 0 Å². The predicted octanol–water partition coefficient (Wildman–Crippen LogP) is 6.50. The van der Waals surface area contributed by atoms with Crippen LogP contribution in [-0.2, 0) is 12.8 Å². The summed E-state index contributed by atoms with van der Waals surface area (Å²) >= 11 is 0. The number of aliphatic hydroxyl groups excluding tert-OH is 1. The van der Waals surface area contributed by atoms with Crippen LogP contribution in [0, 0.1) is 0 Å². The summed E-state index contributed by atoms with van der Waals surface area (Å²) in [6, 6.07) is 17.7. The third-order valence-electron chi connectivity index (χ3n) is 3.69. The molecule has 0 unspecified atom stereocenters. The molecule has 23 heavy (non-hydrogen) atoms. The Morgan fingerprint density at radius 1 is 0.870 bits per heavy atom. The summed E-state index contributed by atoms with van der Waals surface area (Å²) in [4.78, 5) is 0. The first-order valence-electron chi connectivity index (χ1n) is 8.26. The smallest absolute Gasteiger partial charge is 0.0854 e. The van der Waals surface area contributed by atoms with Gasteiger partial charge in [-0.05, 0) is 41.5 Å². The second-order valence-corrected chi connectivity index (χ2v) is 5.49. The molecule has 1 nitrogen and oxygen atoms in total. The zero-order valence-electron chi connectivity index (χ0n) is 14.4. The van der Waals surface area contributed by atoms with Crippen molar-refractivity contribution >= 4 is 0 Å². The molecular formula is C22H28O. The van der Waals surface area contributed by atoms with Gasteiger partial charge in [0.25, 0.3) is 0 Å². The maximum atomic E-state index is 8.44. The second kappa shape index (κ2) is 10.4. The van der Waals surface area contributed by atoms with Gasteiger partial charge in [0.2, 0.25) is 0 Å². The first-order valence-corrected chi connectivity index (χ1v) is 8.26. The number of hydrogen-bond acceptors (Lipinski definition) is 1. The van der Waals surface area contributed by atoms with E-state index in [4.69, 9.17) is 5.11 Å². The lowest BCUT2D eigenvalue weighted by Crippen LogP contribution is -1.83. The maximum absolute atomic E-state index is 8.44. The molecule has 0 saturated heterocycles. The number of allylic oxidation sites excluding steroid dienone is 2. The average molecular weight is 308 g/mol. The van der Waals surface area contributed by atoms with Crippen LogP contribution in [0.1, 0.15) is 37.8 Å². The molecule has 0 aliphatic heterocycles. The molecule has 1 heteroatoms. The number of rotatable bonds is 6. The lowest BCUT2D eigenvalue weighted by atomic mass is 10.0. The van der Waals surface area contributed by atoms with Crippen LogP contribution in [-0.4, -0.2) is 5.11 Å². The Hall–Kier alpha value is -2.28. The van der Waals surface area contributed by atoms with Crippen LogP contribution in [0.4, 0.5) is 0 Å². The largest absolute Gasteiger partial charge is 0.513 e. The number of benzene rings is 2. The highest BCUT2D eigenvalue weighted by Crippen LogP contribution is 2.20. The molecular weight excluding hydrogens is 280 g/mol. The van der Waals surface area contributed by atoms with Crippen LogP contribution in [0.25, 0.3) is 11.1 Å². The molecule has 0 radical (unpaired) electrons. The van der Waals surface area contributed by atoms with E-state index in [9.17, 15) is 0 Å². The highest BCUT2D eigenvalue weighted by Gasteiger charge is 1.97. The van der Waals surface area contributed by atoms with Gasteiger partial charge in [0.05, 0.1) is 5.76 Å². The van der Waals surface area contributed by atoms with Crippen LogP contribution in [0.5, 0.6) is 0 Å². The Labute approximate surface area is 141 Å². The van der Waals surface area contributed by atoms with Crippen molar-refractivity contribution < 1.29 is 5.11 Å². The highest BCUT2D eigenvalue weighted by molar-refractivity contribution is 5.63. The minimum absolute atomic E-state index is 0.236. The van der Waals surface area contributed by atoms with Gasteiger partial charge in [-0.25, -0.2) is 0 Å². The summed E-state index contributed by atoms with van der Waals surface area (Å²) in [5.74, 6) is 0.236. The van der Waals surface area contributed by atoms with Gasteiger partial charge in [-0.2, -0.15) is 0 Å². The summed E-state index contributed by atoms with van der Waals surface area (Å²) < 4.78 is 0. The van der Waals surface area contributed by atoms with Gasteiger partial charge in [-0.1, -0.05) is 75.0 Å². The molecule has 0 bridgehead atoms. The molecule has 0 heterocycles. The van der Waals surface area contributed by atoms with Crippen molar-refractivity contribution in [3.05, 3.63) is 84.7 Å². The van der Waals surface area contributed by atoms with Crippen molar-refractivity contribution in [2.24, 2.45) is 0 Å². The van der Waals surface area contributed by atoms with Crippen LogP contribution in [0.15, 0.2) is 73.5 Å². The minimum atomic E-state index is 0.236. The Bertz CT molecular complexity index is 545. The Morgan fingerprint density at radius 2 is 1.26 bits per heavy atom. The number of hydrogen-bond donors (Lipinski definition) is 1. The van der Waals surface area contributed by atoms with Crippen molar-refractivity contribution in [3.8, 4) is 11.1 Å². The third kappa shape index (κ3) is 7.01. The molecule has 122 valence electrons. The molecule has 0 aliphatic carbocycles. The summed E-state index contributed by atoms with van der Waals surface area (Å²) in [5.41, 5.74) is 5.41. The highest BCUT2D eigenvalue weighted by atomic mass is 16.3. The normalized spacial score (nSPS) is 9.65. The Balaban J connectivity index is 0.000000322. The van der Waals surface area contributed by atoms with Crippen LogP contribution < -0.4 is 0 Å². The van der Waals surface area contributed by atoms with Gasteiger partial charge >= 0.3 is 0 Å². The van der Waals surface area contributed by atoms with Gasteiger partial charge in [-0.3, -0.25) is 0 Å². The van der Waals surface area contributed by atoms with Crippen molar-refractivity contribution in [1.29, 1.82) is 0 Å². The van der Waals surface area contributed by atoms with Gasteiger partial charge < -0.3 is 5.11 Å². The standard InChI is InChI=1S/C16H18.C6H10O/c1-3-13-5-9-15(10-6-13)16-11-7-14(4-2)8-12-16;1-3-4-5-6(2)7/h5-12H,3-4H2,1-2H3;3,7H,1-2,4-5H2. The molecule has 2 rings (SSSR count). The second-order valence-electron chi connectivity index (χ2n) is 5.49. The first kappa shape index (κ1) is 18.8. The monoisotopic (exact) mass is 308 g/mol. The van der Waals surface area contributed by atoms with Crippen LogP contribution in [0.3, 0.4) is 0 Å². The summed E-state index contributed by atoms with van der Waals surface area (Å²) in [7, 11) is 0. The molecule has 0 fully saturated rings. The molecule has 1 N–H and O–H groups in total. The molecule has 0 saturated carbocycles. The lowest BCUT2D eigenvalue weighted by Gasteiger charge is -2.04. The van der Waals surface area contributed by atoms with E-state index in [0.29, 0.717) is 6.42 Å². The van der Waals surface area contributed by atoms with Crippen molar-refractivity contribution in [2.45, 2.75) is 39.5 Å². The van der Waals surface area contributed by atoms with E-state index in [2.05, 4.69) is 75.5 Å². The SMILES string of the molecule is C=CCCC(=C)O.CCc1ccc(-c2ccc(CC)cc2)cc1. The molecule has 2 aromatic rings. The Morgan fingerprint density at radius 3 is 1.48 bits per heavy atom. The van der Waals surface area contributed by atoms with E-state index in [1.807, 2.05) is 0 Å². The van der Waals surface area contributed by atoms with E-state index in [1.165, 1.54) is 22.3 Å². The molecule has 0 spiro atoms. The fourth-order valence-corrected chi connectivity index (χ4v) is 2.13. The molecule has 0 atom stereocenters. The van der Waals surface area contributed by atoms with Crippen molar-refractivity contribution in [3.63, 3.8) is 0 Å². The molecule has 2 aromatic carbocycles. The molecule has 0 aliphatic rings. The van der Waals surface area contributed by atoms with Gasteiger partial charge in [-0.15, -0.1) is 6.58 Å². The fraction of sp³-hybridized carbons (Fsp3) is 0.273. The van der Waals surface area contributed by atoms with Gasteiger partial charge in [0.15, 0.2) is 0 Å². The number of aliphatic hydroxyl groups is 1. The van der Waals surface area contributed by atoms with Gasteiger partial charge in [0, 0.05) is 6.42 Å². The van der Waals surface area contributed by atoms with E-state index in [0.717, 1.165) is 19.3 Å². The van der Waals surface area contributed by atoms with Crippen molar-refractivity contribution in [2.75, 3.05) is 0 Å². The minimum Gasteiger partial charge on any atom is -0.513 e.